The number of carbonyl (C=O) groups is 2. The molecule has 0 aliphatic heterocycles. The second kappa shape index (κ2) is 11.0. The summed E-state index contributed by atoms with van der Waals surface area (Å²) in [6.07, 6.45) is 0.303. The molecule has 0 radical (unpaired) electrons. The largest absolute Gasteiger partial charge is 0.418 e. The Bertz CT molecular complexity index is 1900. The predicted molar refractivity (Wildman–Crippen MR) is 159 cm³/mol. The average molecular weight is 626 g/mol. The fraction of sp³-hybridized carbons (Fsp3) is 0.207. The summed E-state index contributed by atoms with van der Waals surface area (Å²) in [6, 6.07) is 8.09. The number of aryl methyl sites for hydroxylation is 2. The highest BCUT2D eigenvalue weighted by Crippen LogP contribution is 2.36. The summed E-state index contributed by atoms with van der Waals surface area (Å²) in [4.78, 5) is 39.0. The van der Waals surface area contributed by atoms with Crippen molar-refractivity contribution in [3.63, 3.8) is 0 Å². The Morgan fingerprint density at radius 1 is 1.05 bits per heavy atom. The van der Waals surface area contributed by atoms with Gasteiger partial charge in [0.1, 0.15) is 18.0 Å². The van der Waals surface area contributed by atoms with Crippen LogP contribution in [0.25, 0.3) is 15.9 Å². The SMILES string of the molecule is Cc1cn(-c2ccc(C(=O)Nc3ccc(Cl)c(NC(=O)c4csc5c(NC6CC6)ncnc45)c3)cc2C(F)(F)F)c(C)n1. The van der Waals surface area contributed by atoms with Gasteiger partial charge in [-0.3, -0.25) is 9.59 Å². The third-order valence-corrected chi connectivity index (χ3v) is 8.12. The highest BCUT2D eigenvalue weighted by atomic mass is 35.5. The number of nitrogens with one attached hydrogen (secondary N) is 3. The Kier molecular flexibility index (Phi) is 7.30. The van der Waals surface area contributed by atoms with Crippen LogP contribution in [0.4, 0.5) is 30.4 Å². The molecule has 1 aliphatic rings. The minimum Gasteiger partial charge on any atom is -0.366 e. The number of nitrogens with zero attached hydrogens (tertiary/aromatic N) is 4. The van der Waals surface area contributed by atoms with Gasteiger partial charge in [0.15, 0.2) is 0 Å². The molecule has 2 aromatic carbocycles. The number of benzene rings is 2. The van der Waals surface area contributed by atoms with Crippen LogP contribution in [0.1, 0.15) is 50.6 Å². The van der Waals surface area contributed by atoms with E-state index >= 15 is 0 Å². The molecule has 0 bridgehead atoms. The summed E-state index contributed by atoms with van der Waals surface area (Å²) in [5, 5.41) is 10.5. The molecule has 0 spiro atoms. The lowest BCUT2D eigenvalue weighted by atomic mass is 10.1. The van der Waals surface area contributed by atoms with Gasteiger partial charge in [0.25, 0.3) is 11.8 Å². The van der Waals surface area contributed by atoms with Crippen LogP contribution >= 0.6 is 22.9 Å². The molecule has 2 amide bonds. The molecule has 43 heavy (non-hydrogen) atoms. The standard InChI is InChI=1S/C29H23ClF3N7O2S/c1-14-11-40(15(2)36-14)23-8-3-16(9-20(23)29(31,32)33)27(41)38-18-6-7-21(30)22(10-18)39-28(42)19-12-43-25-24(19)34-13-35-26(25)37-17-4-5-17/h3,6-13,17H,4-5H2,1-2H3,(H,38,41)(H,39,42)(H,34,35,37). The van der Waals surface area contributed by atoms with Gasteiger partial charge >= 0.3 is 6.18 Å². The van der Waals surface area contributed by atoms with E-state index in [1.165, 1.54) is 58.8 Å². The van der Waals surface area contributed by atoms with Gasteiger partial charge < -0.3 is 20.5 Å². The summed E-state index contributed by atoms with van der Waals surface area (Å²) in [6.45, 7) is 3.28. The fourth-order valence-electron chi connectivity index (χ4n) is 4.60. The first-order chi connectivity index (χ1) is 20.5. The summed E-state index contributed by atoms with van der Waals surface area (Å²) >= 11 is 7.67. The molecular weight excluding hydrogens is 603 g/mol. The van der Waals surface area contributed by atoms with E-state index in [2.05, 4.69) is 30.9 Å². The van der Waals surface area contributed by atoms with Gasteiger partial charge in [-0.05, 0) is 63.1 Å². The van der Waals surface area contributed by atoms with Crippen LogP contribution in [0.2, 0.25) is 5.02 Å². The molecule has 3 N–H and O–H groups in total. The third kappa shape index (κ3) is 5.90. The van der Waals surface area contributed by atoms with Gasteiger partial charge in [0, 0.05) is 28.9 Å². The summed E-state index contributed by atoms with van der Waals surface area (Å²) < 4.78 is 44.2. The molecule has 0 saturated heterocycles. The maximum atomic E-state index is 14.0. The second-order valence-electron chi connectivity index (χ2n) is 10.1. The Balaban J connectivity index is 1.23. The molecular formula is C29H23ClF3N7O2S. The normalized spacial score (nSPS) is 13.3. The lowest BCUT2D eigenvalue weighted by molar-refractivity contribution is -0.137. The van der Waals surface area contributed by atoms with Crippen molar-refractivity contribution in [2.24, 2.45) is 0 Å². The van der Waals surface area contributed by atoms with E-state index in [4.69, 9.17) is 11.6 Å². The van der Waals surface area contributed by atoms with Gasteiger partial charge in [0.2, 0.25) is 0 Å². The minimum atomic E-state index is -4.72. The molecule has 5 aromatic rings. The Hall–Kier alpha value is -4.49. The number of fused-ring (bicyclic) bond motifs is 1. The number of halogens is 4. The number of aromatic nitrogens is 4. The molecule has 3 aromatic heterocycles. The van der Waals surface area contributed by atoms with Gasteiger partial charge in [-0.15, -0.1) is 11.3 Å². The number of imidazole rings is 1. The van der Waals surface area contributed by atoms with Crippen molar-refractivity contribution in [2.75, 3.05) is 16.0 Å². The van der Waals surface area contributed by atoms with Gasteiger partial charge in [-0.25, -0.2) is 15.0 Å². The fourth-order valence-corrected chi connectivity index (χ4v) is 5.72. The van der Waals surface area contributed by atoms with Crippen molar-refractivity contribution in [3.05, 3.63) is 87.5 Å². The molecule has 14 heteroatoms. The highest BCUT2D eigenvalue weighted by Gasteiger charge is 2.35. The topological polar surface area (TPSA) is 114 Å². The molecule has 1 aliphatic carbocycles. The number of hydrogen-bond donors (Lipinski definition) is 3. The van der Waals surface area contributed by atoms with E-state index in [0.29, 0.717) is 34.5 Å². The van der Waals surface area contributed by atoms with Crippen molar-refractivity contribution < 1.29 is 22.8 Å². The number of amides is 2. The number of thiophene rings is 1. The molecule has 3 heterocycles. The second-order valence-corrected chi connectivity index (χ2v) is 11.4. The minimum absolute atomic E-state index is 0.139. The quantitative estimate of drug-likeness (QED) is 0.176. The first kappa shape index (κ1) is 28.6. The van der Waals surface area contributed by atoms with Gasteiger partial charge in [-0.1, -0.05) is 11.6 Å². The van der Waals surface area contributed by atoms with E-state index < -0.39 is 23.6 Å². The molecule has 1 saturated carbocycles. The van der Waals surface area contributed by atoms with E-state index in [-0.39, 0.29) is 27.6 Å². The van der Waals surface area contributed by atoms with Gasteiger partial charge in [0.05, 0.1) is 43.4 Å². The monoisotopic (exact) mass is 625 g/mol. The summed E-state index contributed by atoms with van der Waals surface area (Å²) in [5.41, 5.74) is 0.483. The van der Waals surface area contributed by atoms with Crippen LogP contribution in [0, 0.1) is 13.8 Å². The molecule has 0 atom stereocenters. The van der Waals surface area contributed by atoms with E-state index in [1.54, 1.807) is 19.2 Å². The molecule has 220 valence electrons. The van der Waals surface area contributed by atoms with Crippen LogP contribution in [-0.4, -0.2) is 37.4 Å². The first-order valence-electron chi connectivity index (χ1n) is 13.1. The number of anilines is 3. The average Bonchev–Trinajstić information content (AvgIpc) is 3.55. The van der Waals surface area contributed by atoms with Gasteiger partial charge in [-0.2, -0.15) is 13.2 Å². The number of alkyl halides is 3. The van der Waals surface area contributed by atoms with Crippen molar-refractivity contribution in [3.8, 4) is 5.69 Å². The van der Waals surface area contributed by atoms with Crippen molar-refractivity contribution in [1.29, 1.82) is 0 Å². The highest BCUT2D eigenvalue weighted by molar-refractivity contribution is 7.18. The zero-order valence-electron chi connectivity index (χ0n) is 22.7. The lowest BCUT2D eigenvalue weighted by Crippen LogP contribution is -2.17. The predicted octanol–water partition coefficient (Wildman–Crippen LogP) is 7.24. The molecule has 9 nitrogen and oxygen atoms in total. The van der Waals surface area contributed by atoms with Crippen LogP contribution in [-0.2, 0) is 6.18 Å². The molecule has 6 rings (SSSR count). The van der Waals surface area contributed by atoms with E-state index in [1.807, 2.05) is 0 Å². The summed E-state index contributed by atoms with van der Waals surface area (Å²) in [7, 11) is 0. The zero-order chi connectivity index (χ0) is 30.5. The van der Waals surface area contributed by atoms with Crippen LogP contribution in [0.15, 0.2) is 54.3 Å². The number of hydrogen-bond acceptors (Lipinski definition) is 7. The third-order valence-electron chi connectivity index (χ3n) is 6.82. The Morgan fingerprint density at radius 2 is 1.84 bits per heavy atom. The summed E-state index contributed by atoms with van der Waals surface area (Å²) in [5.74, 6) is -0.181. The lowest BCUT2D eigenvalue weighted by Gasteiger charge is -2.16. The maximum absolute atomic E-state index is 14.0. The van der Waals surface area contributed by atoms with Crippen LogP contribution in [0.5, 0.6) is 0 Å². The Labute approximate surface area is 252 Å². The number of rotatable bonds is 7. The molecule has 1 fully saturated rings. The smallest absolute Gasteiger partial charge is 0.366 e. The molecule has 0 unspecified atom stereocenters. The number of carbonyl (C=O) groups excluding carboxylic acids is 2. The first-order valence-corrected chi connectivity index (χ1v) is 14.4. The van der Waals surface area contributed by atoms with Crippen molar-refractivity contribution in [1.82, 2.24) is 19.5 Å². The zero-order valence-corrected chi connectivity index (χ0v) is 24.3. The van der Waals surface area contributed by atoms with Crippen molar-refractivity contribution in [2.45, 2.75) is 38.9 Å². The van der Waals surface area contributed by atoms with E-state index in [9.17, 15) is 22.8 Å². The Morgan fingerprint density at radius 3 is 2.53 bits per heavy atom. The maximum Gasteiger partial charge on any atom is 0.418 e. The van der Waals surface area contributed by atoms with Crippen LogP contribution < -0.4 is 16.0 Å². The van der Waals surface area contributed by atoms with Crippen LogP contribution in [0.3, 0.4) is 0 Å². The van der Waals surface area contributed by atoms with Crippen molar-refractivity contribution >= 4 is 62.2 Å². The van der Waals surface area contributed by atoms with E-state index in [0.717, 1.165) is 23.6 Å².